The number of halogens is 1. The molecule has 2 rings (SSSR count). The summed E-state index contributed by atoms with van der Waals surface area (Å²) in [7, 11) is 0. The maximum absolute atomic E-state index is 10.6. The van der Waals surface area contributed by atoms with Gasteiger partial charge in [0, 0.05) is 6.20 Å². The van der Waals surface area contributed by atoms with Crippen molar-refractivity contribution in [1.29, 1.82) is 0 Å². The minimum atomic E-state index is -0.625. The molecule has 0 fully saturated rings. The first-order chi connectivity index (χ1) is 8.06. The van der Waals surface area contributed by atoms with Gasteiger partial charge in [-0.25, -0.2) is 4.98 Å². The monoisotopic (exact) mass is 253 g/mol. The predicted molar refractivity (Wildman–Crippen MR) is 61.6 cm³/mol. The first-order valence-corrected chi connectivity index (χ1v) is 5.02. The van der Waals surface area contributed by atoms with Gasteiger partial charge in [0.15, 0.2) is 5.02 Å². The molecule has 0 aliphatic carbocycles. The number of pyridine rings is 1. The summed E-state index contributed by atoms with van der Waals surface area (Å²) in [5, 5.41) is 14.3. The summed E-state index contributed by atoms with van der Waals surface area (Å²) in [5.41, 5.74) is 6.36. The van der Waals surface area contributed by atoms with E-state index in [1.165, 1.54) is 10.9 Å². The van der Waals surface area contributed by atoms with Crippen LogP contribution in [0.15, 0.2) is 24.5 Å². The lowest BCUT2D eigenvalue weighted by Gasteiger charge is -1.98. The predicted octanol–water partition coefficient (Wildman–Crippen LogP) is 1.47. The van der Waals surface area contributed by atoms with E-state index >= 15 is 0 Å². The molecule has 7 nitrogen and oxygen atoms in total. The van der Waals surface area contributed by atoms with Gasteiger partial charge in [-0.1, -0.05) is 11.6 Å². The first kappa shape index (κ1) is 11.3. The molecular weight excluding hydrogens is 246 g/mol. The number of anilines is 1. The lowest BCUT2D eigenvalue weighted by Crippen LogP contribution is -2.02. The largest absolute Gasteiger partial charge is 0.408 e. The molecule has 0 aliphatic heterocycles. The zero-order chi connectivity index (χ0) is 12.4. The van der Waals surface area contributed by atoms with Crippen molar-refractivity contribution < 1.29 is 4.92 Å². The molecule has 0 bridgehead atoms. The van der Waals surface area contributed by atoms with Gasteiger partial charge in [0.1, 0.15) is 5.82 Å². The molecule has 2 aromatic heterocycles. The van der Waals surface area contributed by atoms with Crippen LogP contribution in [0.1, 0.15) is 5.56 Å². The summed E-state index contributed by atoms with van der Waals surface area (Å²) >= 11 is 5.68. The van der Waals surface area contributed by atoms with Crippen LogP contribution in [0.5, 0.6) is 0 Å². The van der Waals surface area contributed by atoms with Crippen LogP contribution in [0.4, 0.5) is 11.6 Å². The third-order valence-corrected chi connectivity index (χ3v) is 2.33. The van der Waals surface area contributed by atoms with Crippen LogP contribution in [0.3, 0.4) is 0 Å². The summed E-state index contributed by atoms with van der Waals surface area (Å²) in [6, 6.07) is 3.42. The Morgan fingerprint density at radius 2 is 2.35 bits per heavy atom. The second kappa shape index (κ2) is 4.38. The Balaban J connectivity index is 2.25. The average Bonchev–Trinajstić information content (AvgIpc) is 2.59. The van der Waals surface area contributed by atoms with Gasteiger partial charge in [-0.3, -0.25) is 0 Å². The number of nitro groups is 1. The number of rotatable bonds is 3. The van der Waals surface area contributed by atoms with Gasteiger partial charge in [-0.05, 0) is 22.6 Å². The molecule has 0 saturated carbocycles. The van der Waals surface area contributed by atoms with Crippen molar-refractivity contribution in [2.24, 2.45) is 0 Å². The maximum atomic E-state index is 10.6. The number of nitrogen functional groups attached to an aromatic ring is 1. The highest BCUT2D eigenvalue weighted by atomic mass is 35.5. The highest BCUT2D eigenvalue weighted by Crippen LogP contribution is 2.21. The highest BCUT2D eigenvalue weighted by molar-refractivity contribution is 6.32. The standard InChI is InChI=1S/C9H8ClN5O2/c10-7-5-14(13-9(7)15(16)17)4-6-1-2-12-8(11)3-6/h1-3,5H,4H2,(H2,11,12). The quantitative estimate of drug-likeness (QED) is 0.659. The Morgan fingerprint density at radius 1 is 1.59 bits per heavy atom. The van der Waals surface area contributed by atoms with E-state index < -0.39 is 4.92 Å². The van der Waals surface area contributed by atoms with Crippen molar-refractivity contribution in [1.82, 2.24) is 14.8 Å². The van der Waals surface area contributed by atoms with Gasteiger partial charge in [0.2, 0.25) is 0 Å². The van der Waals surface area contributed by atoms with E-state index in [1.807, 2.05) is 0 Å². The van der Waals surface area contributed by atoms with Crippen LogP contribution in [0, 0.1) is 10.1 Å². The Kier molecular flexibility index (Phi) is 2.92. The molecule has 0 amide bonds. The number of nitrogens with two attached hydrogens (primary N) is 1. The molecule has 17 heavy (non-hydrogen) atoms. The number of hydrogen-bond donors (Lipinski definition) is 1. The van der Waals surface area contributed by atoms with E-state index in [0.29, 0.717) is 12.4 Å². The summed E-state index contributed by atoms with van der Waals surface area (Å²) in [6.45, 7) is 0.347. The number of aromatic nitrogens is 3. The molecule has 2 N–H and O–H groups in total. The summed E-state index contributed by atoms with van der Waals surface area (Å²) in [6.07, 6.45) is 2.96. The fraction of sp³-hybridized carbons (Fsp3) is 0.111. The average molecular weight is 254 g/mol. The third kappa shape index (κ3) is 2.51. The summed E-state index contributed by atoms with van der Waals surface area (Å²) < 4.78 is 1.38. The van der Waals surface area contributed by atoms with Crippen molar-refractivity contribution in [3.63, 3.8) is 0 Å². The van der Waals surface area contributed by atoms with Gasteiger partial charge in [-0.2, -0.15) is 4.68 Å². The van der Waals surface area contributed by atoms with Gasteiger partial charge >= 0.3 is 5.82 Å². The lowest BCUT2D eigenvalue weighted by molar-refractivity contribution is -0.389. The lowest BCUT2D eigenvalue weighted by atomic mass is 10.2. The fourth-order valence-electron chi connectivity index (χ4n) is 1.37. The molecule has 0 saturated heterocycles. The van der Waals surface area contributed by atoms with Crippen LogP contribution in [-0.4, -0.2) is 19.7 Å². The van der Waals surface area contributed by atoms with Crippen LogP contribution in [0.2, 0.25) is 5.02 Å². The maximum Gasteiger partial charge on any atom is 0.408 e. The molecule has 0 aliphatic rings. The molecule has 0 spiro atoms. The Hall–Kier alpha value is -2.15. The number of nitrogens with zero attached hydrogens (tertiary/aromatic N) is 4. The SMILES string of the molecule is Nc1cc(Cn2cc(Cl)c([N+](=O)[O-])n2)ccn1. The van der Waals surface area contributed by atoms with Crippen molar-refractivity contribution in [2.75, 3.05) is 5.73 Å². The molecule has 0 unspecified atom stereocenters. The van der Waals surface area contributed by atoms with Gasteiger partial charge in [0.25, 0.3) is 0 Å². The molecule has 88 valence electrons. The third-order valence-electron chi connectivity index (χ3n) is 2.06. The normalized spacial score (nSPS) is 10.4. The van der Waals surface area contributed by atoms with Gasteiger partial charge in [-0.15, -0.1) is 0 Å². The second-order valence-electron chi connectivity index (χ2n) is 3.34. The van der Waals surface area contributed by atoms with Crippen LogP contribution in [0.25, 0.3) is 0 Å². The zero-order valence-corrected chi connectivity index (χ0v) is 9.33. The van der Waals surface area contributed by atoms with E-state index in [4.69, 9.17) is 17.3 Å². The molecule has 0 atom stereocenters. The minimum Gasteiger partial charge on any atom is -0.384 e. The minimum absolute atomic E-state index is 0.0111. The smallest absolute Gasteiger partial charge is 0.384 e. The van der Waals surface area contributed by atoms with Crippen LogP contribution >= 0.6 is 11.6 Å². The van der Waals surface area contributed by atoms with E-state index in [0.717, 1.165) is 5.56 Å². The van der Waals surface area contributed by atoms with Crippen LogP contribution < -0.4 is 5.73 Å². The van der Waals surface area contributed by atoms with Gasteiger partial charge < -0.3 is 15.8 Å². The molecular formula is C9H8ClN5O2. The molecule has 8 heteroatoms. The Labute approximate surface area is 101 Å². The van der Waals surface area contributed by atoms with Crippen molar-refractivity contribution >= 4 is 23.2 Å². The van der Waals surface area contributed by atoms with E-state index in [-0.39, 0.29) is 10.8 Å². The molecule has 0 aromatic carbocycles. The highest BCUT2D eigenvalue weighted by Gasteiger charge is 2.18. The first-order valence-electron chi connectivity index (χ1n) is 4.64. The van der Waals surface area contributed by atoms with Crippen LogP contribution in [-0.2, 0) is 6.54 Å². The zero-order valence-electron chi connectivity index (χ0n) is 8.58. The van der Waals surface area contributed by atoms with E-state index in [9.17, 15) is 10.1 Å². The molecule has 0 radical (unpaired) electrons. The van der Waals surface area contributed by atoms with Crippen molar-refractivity contribution in [3.05, 3.63) is 45.2 Å². The Bertz CT molecular complexity index is 568. The Morgan fingerprint density at radius 3 is 2.94 bits per heavy atom. The van der Waals surface area contributed by atoms with Crippen molar-refractivity contribution in [3.8, 4) is 0 Å². The summed E-state index contributed by atoms with van der Waals surface area (Å²) in [5.74, 6) is 0.0314. The second-order valence-corrected chi connectivity index (χ2v) is 3.75. The fourth-order valence-corrected chi connectivity index (χ4v) is 1.59. The topological polar surface area (TPSA) is 99.9 Å². The van der Waals surface area contributed by atoms with Crippen molar-refractivity contribution in [2.45, 2.75) is 6.54 Å². The van der Waals surface area contributed by atoms with Gasteiger partial charge in [0.05, 0.1) is 17.8 Å². The summed E-state index contributed by atoms with van der Waals surface area (Å²) in [4.78, 5) is 13.8. The molecule has 2 heterocycles. The van der Waals surface area contributed by atoms with E-state index in [2.05, 4.69) is 10.1 Å². The van der Waals surface area contributed by atoms with E-state index in [1.54, 1.807) is 18.3 Å². The number of hydrogen-bond acceptors (Lipinski definition) is 5. The molecule has 2 aromatic rings.